The summed E-state index contributed by atoms with van der Waals surface area (Å²) in [6.45, 7) is 6.58. The highest BCUT2D eigenvalue weighted by Gasteiger charge is 2.48. The van der Waals surface area contributed by atoms with E-state index in [9.17, 15) is 14.7 Å². The summed E-state index contributed by atoms with van der Waals surface area (Å²) < 4.78 is 17.5. The molecule has 0 spiro atoms. The third-order valence-corrected chi connectivity index (χ3v) is 8.90. The first kappa shape index (κ1) is 30.1. The van der Waals surface area contributed by atoms with Crippen molar-refractivity contribution in [2.45, 2.75) is 36.9 Å². The average molecular weight is 618 g/mol. The smallest absolute Gasteiger partial charge is 0.301 e. The van der Waals surface area contributed by atoms with Gasteiger partial charge < -0.3 is 19.3 Å². The summed E-state index contributed by atoms with van der Waals surface area (Å²) in [4.78, 5) is 28.5. The third kappa shape index (κ3) is 6.37. The fourth-order valence-corrected chi connectivity index (χ4v) is 6.50. The third-order valence-electron chi connectivity index (χ3n) is 6.78. The standard InChI is InChI=1S/C32H31N3O6S2/c1-5-40-24-16-13-22(17-25(24)41-6-2)27-26(28(36)21-11-14-23(39-4)15-12-21)29(37)30(38)35(27)31-33-34-32(43-31)42-18-20-9-7-19(3)8-10-20/h7-17,27,36H,5-6,18H2,1-4H3/b28-26+. The maximum atomic E-state index is 13.6. The Morgan fingerprint density at radius 3 is 2.33 bits per heavy atom. The number of hydrogen-bond acceptors (Lipinski definition) is 10. The van der Waals surface area contributed by atoms with Gasteiger partial charge in [0.15, 0.2) is 15.8 Å². The molecular formula is C32H31N3O6S2. The lowest BCUT2D eigenvalue weighted by Crippen LogP contribution is -2.29. The molecule has 2 heterocycles. The topological polar surface area (TPSA) is 111 Å². The van der Waals surface area contributed by atoms with Crippen LogP contribution in [0.3, 0.4) is 0 Å². The number of methoxy groups -OCH3 is 1. The van der Waals surface area contributed by atoms with E-state index in [0.29, 0.717) is 51.7 Å². The fraction of sp³-hybridized carbons (Fsp3) is 0.250. The highest BCUT2D eigenvalue weighted by molar-refractivity contribution is 8.00. The second-order valence-electron chi connectivity index (χ2n) is 9.59. The van der Waals surface area contributed by atoms with Gasteiger partial charge in [-0.15, -0.1) is 10.2 Å². The first-order valence-electron chi connectivity index (χ1n) is 13.7. The van der Waals surface area contributed by atoms with E-state index in [0.717, 1.165) is 5.56 Å². The van der Waals surface area contributed by atoms with Gasteiger partial charge in [-0.2, -0.15) is 0 Å². The molecule has 1 aliphatic heterocycles. The van der Waals surface area contributed by atoms with Crippen molar-refractivity contribution in [2.24, 2.45) is 0 Å². The largest absolute Gasteiger partial charge is 0.507 e. The molecule has 0 saturated carbocycles. The van der Waals surface area contributed by atoms with Crippen molar-refractivity contribution in [1.82, 2.24) is 10.2 Å². The molecule has 1 N–H and O–H groups in total. The summed E-state index contributed by atoms with van der Waals surface area (Å²) in [5.41, 5.74) is 3.16. The maximum Gasteiger partial charge on any atom is 0.301 e. The van der Waals surface area contributed by atoms with Gasteiger partial charge in [0.25, 0.3) is 5.78 Å². The number of Topliss-reactive ketones (excluding diaryl/α,β-unsaturated/α-hetero) is 1. The van der Waals surface area contributed by atoms with E-state index in [1.807, 2.05) is 20.8 Å². The van der Waals surface area contributed by atoms with Crippen molar-refractivity contribution >= 4 is 45.7 Å². The Hall–Kier alpha value is -4.35. The molecule has 5 rings (SSSR count). The number of aliphatic hydroxyl groups excluding tert-OH is 1. The number of anilines is 1. The molecule has 1 aliphatic rings. The minimum atomic E-state index is -0.986. The van der Waals surface area contributed by atoms with Crippen LogP contribution in [0.1, 0.15) is 42.1 Å². The van der Waals surface area contributed by atoms with E-state index < -0.39 is 17.7 Å². The van der Waals surface area contributed by atoms with Crippen molar-refractivity contribution in [3.8, 4) is 17.2 Å². The quantitative estimate of drug-likeness (QED) is 0.0657. The summed E-state index contributed by atoms with van der Waals surface area (Å²) in [7, 11) is 1.54. The van der Waals surface area contributed by atoms with Gasteiger partial charge in [-0.05, 0) is 68.3 Å². The van der Waals surface area contributed by atoms with E-state index >= 15 is 0 Å². The molecule has 1 atom stereocenters. The number of carbonyl (C=O) groups is 2. The van der Waals surface area contributed by atoms with Crippen LogP contribution in [0.2, 0.25) is 0 Å². The Balaban J connectivity index is 1.57. The van der Waals surface area contributed by atoms with Crippen LogP contribution < -0.4 is 19.1 Å². The second-order valence-corrected chi connectivity index (χ2v) is 11.8. The molecular weight excluding hydrogens is 587 g/mol. The van der Waals surface area contributed by atoms with Crippen LogP contribution in [0.4, 0.5) is 5.13 Å². The Morgan fingerprint density at radius 2 is 1.65 bits per heavy atom. The number of aliphatic hydroxyl groups is 1. The number of amides is 1. The Kier molecular flexibility index (Phi) is 9.32. The van der Waals surface area contributed by atoms with Gasteiger partial charge in [-0.3, -0.25) is 14.5 Å². The molecule has 1 unspecified atom stereocenters. The summed E-state index contributed by atoms with van der Waals surface area (Å²) in [6, 6.07) is 19.1. The zero-order valence-electron chi connectivity index (χ0n) is 24.2. The molecule has 1 aromatic heterocycles. The van der Waals surface area contributed by atoms with Crippen LogP contribution in [0.25, 0.3) is 5.76 Å². The molecule has 1 fully saturated rings. The maximum absolute atomic E-state index is 13.6. The molecule has 1 saturated heterocycles. The fourth-order valence-electron chi connectivity index (χ4n) is 4.67. The second kappa shape index (κ2) is 13.3. The van der Waals surface area contributed by atoms with Crippen LogP contribution in [0.15, 0.2) is 76.6 Å². The molecule has 43 heavy (non-hydrogen) atoms. The van der Waals surface area contributed by atoms with Crippen molar-refractivity contribution < 1.29 is 28.9 Å². The van der Waals surface area contributed by atoms with Gasteiger partial charge in [0.1, 0.15) is 11.5 Å². The lowest BCUT2D eigenvalue weighted by Gasteiger charge is -2.23. The summed E-state index contributed by atoms with van der Waals surface area (Å²) >= 11 is 2.71. The predicted octanol–water partition coefficient (Wildman–Crippen LogP) is 6.57. The molecule has 0 aliphatic carbocycles. The minimum Gasteiger partial charge on any atom is -0.507 e. The normalized spacial score (nSPS) is 16.0. The summed E-state index contributed by atoms with van der Waals surface area (Å²) in [5.74, 6) is 0.317. The molecule has 9 nitrogen and oxygen atoms in total. The Bertz CT molecular complexity index is 1650. The number of aromatic nitrogens is 2. The van der Waals surface area contributed by atoms with Gasteiger partial charge in [0, 0.05) is 11.3 Å². The zero-order chi connectivity index (χ0) is 30.5. The van der Waals surface area contributed by atoms with Crippen LogP contribution >= 0.6 is 23.1 Å². The first-order chi connectivity index (χ1) is 20.8. The zero-order valence-corrected chi connectivity index (χ0v) is 25.8. The summed E-state index contributed by atoms with van der Waals surface area (Å²) in [5, 5.41) is 20.3. The molecule has 1 amide bonds. The lowest BCUT2D eigenvalue weighted by molar-refractivity contribution is -0.132. The minimum absolute atomic E-state index is 0.0640. The van der Waals surface area contributed by atoms with Gasteiger partial charge in [-0.1, -0.05) is 59.0 Å². The molecule has 4 aromatic rings. The van der Waals surface area contributed by atoms with Gasteiger partial charge >= 0.3 is 5.91 Å². The van der Waals surface area contributed by atoms with Gasteiger partial charge in [0.05, 0.1) is 31.9 Å². The number of ether oxygens (including phenoxy) is 3. The number of ketones is 1. The SMILES string of the molecule is CCOc1ccc(C2/C(=C(\O)c3ccc(OC)cc3)C(=O)C(=O)N2c2nnc(SCc3ccc(C)cc3)s2)cc1OCC. The Labute approximate surface area is 258 Å². The van der Waals surface area contributed by atoms with E-state index in [-0.39, 0.29) is 16.5 Å². The van der Waals surface area contributed by atoms with Crippen molar-refractivity contribution in [3.63, 3.8) is 0 Å². The number of aryl methyl sites for hydroxylation is 1. The van der Waals surface area contributed by atoms with E-state index in [1.165, 1.54) is 40.7 Å². The molecule has 222 valence electrons. The molecule has 3 aromatic carbocycles. The number of benzene rings is 3. The number of thioether (sulfide) groups is 1. The monoisotopic (exact) mass is 617 g/mol. The number of nitrogens with zero attached hydrogens (tertiary/aromatic N) is 3. The van der Waals surface area contributed by atoms with Crippen molar-refractivity contribution in [2.75, 3.05) is 25.2 Å². The van der Waals surface area contributed by atoms with E-state index in [2.05, 4.69) is 34.5 Å². The average Bonchev–Trinajstić information content (AvgIpc) is 3.59. The highest BCUT2D eigenvalue weighted by Crippen LogP contribution is 2.45. The van der Waals surface area contributed by atoms with Gasteiger partial charge in [0.2, 0.25) is 5.13 Å². The van der Waals surface area contributed by atoms with Crippen LogP contribution in [0.5, 0.6) is 17.2 Å². The van der Waals surface area contributed by atoms with E-state index in [1.54, 1.807) is 42.5 Å². The molecule has 11 heteroatoms. The Morgan fingerprint density at radius 1 is 0.953 bits per heavy atom. The van der Waals surface area contributed by atoms with Crippen LogP contribution in [-0.4, -0.2) is 47.3 Å². The molecule has 0 bridgehead atoms. The lowest BCUT2D eigenvalue weighted by atomic mass is 9.95. The van der Waals surface area contributed by atoms with Crippen LogP contribution in [0, 0.1) is 6.92 Å². The predicted molar refractivity (Wildman–Crippen MR) is 167 cm³/mol. The van der Waals surface area contributed by atoms with Crippen molar-refractivity contribution in [1.29, 1.82) is 0 Å². The number of rotatable bonds is 11. The van der Waals surface area contributed by atoms with Gasteiger partial charge in [-0.25, -0.2) is 0 Å². The summed E-state index contributed by atoms with van der Waals surface area (Å²) in [6.07, 6.45) is 0. The van der Waals surface area contributed by atoms with E-state index in [4.69, 9.17) is 14.2 Å². The van der Waals surface area contributed by atoms with Crippen LogP contribution in [-0.2, 0) is 15.3 Å². The first-order valence-corrected chi connectivity index (χ1v) is 15.5. The number of hydrogen-bond donors (Lipinski definition) is 1. The molecule has 0 radical (unpaired) electrons. The van der Waals surface area contributed by atoms with Crippen molar-refractivity contribution in [3.05, 3.63) is 94.6 Å². The highest BCUT2D eigenvalue weighted by atomic mass is 32.2. The number of carbonyl (C=O) groups excluding carboxylic acids is 2.